The molecule has 3 aliphatic heterocycles. The number of ether oxygens (including phenoxy) is 2. The molecule has 0 aromatic carbocycles. The van der Waals surface area contributed by atoms with Gasteiger partial charge in [-0.25, -0.2) is 4.79 Å². The van der Waals surface area contributed by atoms with Crippen LogP contribution in [0.1, 0.15) is 27.2 Å². The van der Waals surface area contributed by atoms with Gasteiger partial charge in [0.2, 0.25) is 0 Å². The van der Waals surface area contributed by atoms with Crippen molar-refractivity contribution in [3.63, 3.8) is 0 Å². The molecule has 0 radical (unpaired) electrons. The minimum atomic E-state index is -2.22. The maximum Gasteiger partial charge on any atom is 0.341 e. The molecule has 7 nitrogen and oxygen atoms in total. The fourth-order valence-electron chi connectivity index (χ4n) is 3.52. The molecular formula is C16H23NO6. The van der Waals surface area contributed by atoms with Crippen molar-refractivity contribution < 1.29 is 29.3 Å². The van der Waals surface area contributed by atoms with Crippen LogP contribution in [0.25, 0.3) is 0 Å². The van der Waals surface area contributed by atoms with Gasteiger partial charge in [-0.15, -0.1) is 0 Å². The van der Waals surface area contributed by atoms with Gasteiger partial charge in [-0.05, 0) is 32.8 Å². The molecule has 5 atom stereocenters. The van der Waals surface area contributed by atoms with Crippen molar-refractivity contribution in [3.05, 3.63) is 11.6 Å². The van der Waals surface area contributed by atoms with Crippen molar-refractivity contribution in [2.75, 3.05) is 19.7 Å². The van der Waals surface area contributed by atoms with Crippen LogP contribution in [0.15, 0.2) is 11.6 Å². The maximum absolute atomic E-state index is 12.5. The second-order valence-electron chi connectivity index (χ2n) is 7.00. The molecule has 0 aromatic heterocycles. The third kappa shape index (κ3) is 2.38. The molecule has 2 saturated heterocycles. The summed E-state index contributed by atoms with van der Waals surface area (Å²) in [6, 6.07) is -0.124. The van der Waals surface area contributed by atoms with Crippen LogP contribution in [0, 0.1) is 5.92 Å². The molecule has 3 aliphatic rings. The summed E-state index contributed by atoms with van der Waals surface area (Å²) in [5, 5.41) is 21.2. The van der Waals surface area contributed by atoms with Crippen LogP contribution in [0.5, 0.6) is 0 Å². The molecule has 7 heteroatoms. The standard InChI is InChI=1S/C16H23NO6/c1-9-13(18)22-8-10-4-6-17-7-5-11(12(10)17)23-14(19)16(3,21)15(9,2)20/h4,9,11-12,20-21H,5-8H2,1-3H3/t9-,11+,12-,15-,16+/m0/s1. The number of rotatable bonds is 0. The Labute approximate surface area is 134 Å². The zero-order chi connectivity index (χ0) is 17.0. The van der Waals surface area contributed by atoms with Gasteiger partial charge in [-0.1, -0.05) is 6.08 Å². The zero-order valence-corrected chi connectivity index (χ0v) is 13.6. The van der Waals surface area contributed by atoms with Gasteiger partial charge in [0, 0.05) is 13.1 Å². The highest BCUT2D eigenvalue weighted by atomic mass is 16.6. The highest BCUT2D eigenvalue weighted by Crippen LogP contribution is 2.37. The van der Waals surface area contributed by atoms with Gasteiger partial charge in [0.1, 0.15) is 18.3 Å². The average molecular weight is 325 g/mol. The van der Waals surface area contributed by atoms with Crippen molar-refractivity contribution in [2.45, 2.75) is 50.5 Å². The van der Waals surface area contributed by atoms with Gasteiger partial charge in [0.25, 0.3) is 0 Å². The Hall–Kier alpha value is -1.44. The molecule has 0 aromatic rings. The van der Waals surface area contributed by atoms with Gasteiger partial charge >= 0.3 is 11.9 Å². The van der Waals surface area contributed by atoms with Gasteiger partial charge in [-0.3, -0.25) is 9.69 Å². The van der Waals surface area contributed by atoms with Crippen molar-refractivity contribution in [3.8, 4) is 0 Å². The highest BCUT2D eigenvalue weighted by Gasteiger charge is 2.56. The lowest BCUT2D eigenvalue weighted by Crippen LogP contribution is -2.61. The molecule has 0 spiro atoms. The third-order valence-electron chi connectivity index (χ3n) is 5.63. The van der Waals surface area contributed by atoms with E-state index in [0.29, 0.717) is 6.42 Å². The van der Waals surface area contributed by atoms with Gasteiger partial charge < -0.3 is 19.7 Å². The largest absolute Gasteiger partial charge is 0.461 e. The van der Waals surface area contributed by atoms with Gasteiger partial charge in [-0.2, -0.15) is 0 Å². The lowest BCUT2D eigenvalue weighted by Gasteiger charge is -2.39. The fraction of sp³-hybridized carbons (Fsp3) is 0.750. The first-order chi connectivity index (χ1) is 10.7. The molecule has 2 N–H and O–H groups in total. The molecule has 0 bridgehead atoms. The Morgan fingerprint density at radius 1 is 1.30 bits per heavy atom. The van der Waals surface area contributed by atoms with Gasteiger partial charge in [0.15, 0.2) is 5.60 Å². The molecule has 0 saturated carbocycles. The summed E-state index contributed by atoms with van der Waals surface area (Å²) in [6.07, 6.45) is 2.22. The van der Waals surface area contributed by atoms with E-state index < -0.39 is 35.2 Å². The van der Waals surface area contributed by atoms with Crippen LogP contribution in [0.2, 0.25) is 0 Å². The number of hydrogen-bond acceptors (Lipinski definition) is 7. The third-order valence-corrected chi connectivity index (χ3v) is 5.63. The Morgan fingerprint density at radius 2 is 2.00 bits per heavy atom. The van der Waals surface area contributed by atoms with Crippen molar-refractivity contribution >= 4 is 11.9 Å². The molecule has 0 aliphatic carbocycles. The molecule has 3 heterocycles. The van der Waals surface area contributed by atoms with E-state index in [1.54, 1.807) is 0 Å². The summed E-state index contributed by atoms with van der Waals surface area (Å²) >= 11 is 0. The van der Waals surface area contributed by atoms with Crippen LogP contribution < -0.4 is 0 Å². The van der Waals surface area contributed by atoms with Crippen molar-refractivity contribution in [2.24, 2.45) is 5.92 Å². The van der Waals surface area contributed by atoms with Gasteiger partial charge in [0.05, 0.1) is 12.0 Å². The summed E-state index contributed by atoms with van der Waals surface area (Å²) in [4.78, 5) is 26.9. The smallest absolute Gasteiger partial charge is 0.341 e. The predicted octanol–water partition coefficient (Wildman–Crippen LogP) is -0.393. The van der Waals surface area contributed by atoms with Crippen LogP contribution >= 0.6 is 0 Å². The molecule has 3 rings (SSSR count). The number of hydrogen-bond donors (Lipinski definition) is 2. The normalized spacial score (nSPS) is 44.9. The summed E-state index contributed by atoms with van der Waals surface area (Å²) < 4.78 is 10.8. The summed E-state index contributed by atoms with van der Waals surface area (Å²) in [6.45, 7) is 5.46. The quantitative estimate of drug-likeness (QED) is 0.462. The Morgan fingerprint density at radius 3 is 2.70 bits per heavy atom. The first-order valence-corrected chi connectivity index (χ1v) is 7.91. The summed E-state index contributed by atoms with van der Waals surface area (Å²) in [5.41, 5.74) is -3.32. The summed E-state index contributed by atoms with van der Waals surface area (Å²) in [5.74, 6) is -2.65. The van der Waals surface area contributed by atoms with E-state index in [1.807, 2.05) is 6.08 Å². The fourth-order valence-corrected chi connectivity index (χ4v) is 3.52. The molecule has 0 amide bonds. The first kappa shape index (κ1) is 16.4. The van der Waals surface area contributed by atoms with E-state index in [2.05, 4.69) is 4.90 Å². The Kier molecular flexibility index (Phi) is 3.78. The Balaban J connectivity index is 1.97. The zero-order valence-electron chi connectivity index (χ0n) is 13.6. The number of carbonyl (C=O) groups excluding carboxylic acids is 2. The highest BCUT2D eigenvalue weighted by molar-refractivity contribution is 5.83. The van der Waals surface area contributed by atoms with Crippen molar-refractivity contribution in [1.82, 2.24) is 4.90 Å². The number of carbonyl (C=O) groups is 2. The first-order valence-electron chi connectivity index (χ1n) is 7.91. The Bertz CT molecular complexity index is 567. The minimum absolute atomic E-state index is 0.108. The average Bonchev–Trinajstić information content (AvgIpc) is 3.06. The topological polar surface area (TPSA) is 96.3 Å². The SMILES string of the molecule is C[C@H]1C(=O)OCC2=CCN3CC[C@@H](OC(=O)[C@@](C)(O)[C@@]1(C)O)[C@H]23. The molecule has 128 valence electrons. The van der Waals surface area contributed by atoms with E-state index in [4.69, 9.17) is 9.47 Å². The lowest BCUT2D eigenvalue weighted by atomic mass is 9.76. The molecule has 23 heavy (non-hydrogen) atoms. The van der Waals surface area contributed by atoms with E-state index in [0.717, 1.165) is 18.7 Å². The minimum Gasteiger partial charge on any atom is -0.461 e. The second-order valence-corrected chi connectivity index (χ2v) is 7.00. The maximum atomic E-state index is 12.5. The second kappa shape index (κ2) is 5.29. The molecular weight excluding hydrogens is 302 g/mol. The van der Waals surface area contributed by atoms with E-state index in [1.165, 1.54) is 20.8 Å². The number of aliphatic hydroxyl groups is 2. The predicted molar refractivity (Wildman–Crippen MR) is 79.3 cm³/mol. The number of nitrogens with zero attached hydrogens (tertiary/aromatic N) is 1. The van der Waals surface area contributed by atoms with Crippen molar-refractivity contribution in [1.29, 1.82) is 0 Å². The van der Waals surface area contributed by atoms with Crippen LogP contribution in [0.3, 0.4) is 0 Å². The van der Waals surface area contributed by atoms with E-state index in [-0.39, 0.29) is 12.6 Å². The lowest BCUT2D eigenvalue weighted by molar-refractivity contribution is -0.208. The van der Waals surface area contributed by atoms with Crippen LogP contribution in [0.4, 0.5) is 0 Å². The molecule has 0 unspecified atom stereocenters. The number of esters is 2. The number of cyclic esters (lactones) is 1. The van der Waals surface area contributed by atoms with E-state index >= 15 is 0 Å². The van der Waals surface area contributed by atoms with Crippen LogP contribution in [-0.4, -0.2) is 70.1 Å². The monoisotopic (exact) mass is 325 g/mol. The molecule has 2 fully saturated rings. The summed E-state index contributed by atoms with van der Waals surface area (Å²) in [7, 11) is 0. The van der Waals surface area contributed by atoms with E-state index in [9.17, 15) is 19.8 Å². The van der Waals surface area contributed by atoms with Crippen LogP contribution in [-0.2, 0) is 19.1 Å².